The van der Waals surface area contributed by atoms with E-state index in [1.54, 1.807) is 0 Å². The van der Waals surface area contributed by atoms with Gasteiger partial charge in [0, 0.05) is 6.54 Å². The highest BCUT2D eigenvalue weighted by Crippen LogP contribution is 2.08. The maximum Gasteiger partial charge on any atom is 0.326 e. The molecule has 0 aromatic heterocycles. The van der Waals surface area contributed by atoms with E-state index in [0.29, 0.717) is 12.2 Å². The number of thioether (sulfide) groups is 1. The maximum absolute atomic E-state index is 13.1. The summed E-state index contributed by atoms with van der Waals surface area (Å²) in [6, 6.07) is -4.55. The van der Waals surface area contributed by atoms with Crippen LogP contribution < -0.4 is 38.9 Å². The molecule has 0 aliphatic heterocycles. The number of carboxylic acid groups (broad SMARTS) is 1. The first-order valence-corrected chi connectivity index (χ1v) is 12.9. The summed E-state index contributed by atoms with van der Waals surface area (Å²) >= 11 is 1.44. The summed E-state index contributed by atoms with van der Waals surface area (Å²) in [5.74, 6) is -3.69. The number of hydrogen-bond acceptors (Lipinski definition) is 8. The standard InChI is InChI=1S/C21H40N8O6S/c1-11(2)9-15(20(34)35)29-19(33)14(6-8-36-3)28-18(32)13(5-4-7-26-21(24)25)27-17(31)12(22)10-16(23)30/h11-15H,4-10,22H2,1-3H3,(H2,23,30)(H,27,31)(H,28,32)(H,29,33)(H,34,35)(H4,24,25,26). The van der Waals surface area contributed by atoms with Gasteiger partial charge in [0.1, 0.15) is 18.1 Å². The molecule has 206 valence electrons. The second-order valence-corrected chi connectivity index (χ2v) is 9.64. The van der Waals surface area contributed by atoms with Crippen molar-refractivity contribution < 1.29 is 29.1 Å². The molecular formula is C21H40N8O6S. The lowest BCUT2D eigenvalue weighted by atomic mass is 10.0. The van der Waals surface area contributed by atoms with Crippen LogP contribution in [0.25, 0.3) is 0 Å². The molecule has 0 rings (SSSR count). The molecule has 0 bridgehead atoms. The molecule has 4 unspecified atom stereocenters. The van der Waals surface area contributed by atoms with Crippen molar-refractivity contribution >= 4 is 47.3 Å². The molecule has 4 amide bonds. The van der Waals surface area contributed by atoms with E-state index in [4.69, 9.17) is 22.9 Å². The van der Waals surface area contributed by atoms with Gasteiger partial charge in [0.2, 0.25) is 23.6 Å². The molecule has 15 heteroatoms. The molecule has 0 saturated carbocycles. The smallest absolute Gasteiger partial charge is 0.326 e. The van der Waals surface area contributed by atoms with Crippen molar-refractivity contribution in [2.45, 2.75) is 70.1 Å². The molecular weight excluding hydrogens is 492 g/mol. The number of nitrogens with one attached hydrogen (secondary N) is 3. The van der Waals surface area contributed by atoms with Gasteiger partial charge in [0.05, 0.1) is 12.5 Å². The van der Waals surface area contributed by atoms with Crippen LogP contribution in [0.1, 0.15) is 46.0 Å². The predicted octanol–water partition coefficient (Wildman–Crippen LogP) is -2.42. The van der Waals surface area contributed by atoms with Gasteiger partial charge in [0.25, 0.3) is 0 Å². The number of carbonyl (C=O) groups is 5. The number of nitrogens with two attached hydrogens (primary N) is 4. The van der Waals surface area contributed by atoms with E-state index < -0.39 is 60.2 Å². The third-order valence-corrected chi connectivity index (χ3v) is 5.55. The van der Waals surface area contributed by atoms with E-state index in [1.165, 1.54) is 11.8 Å². The average molecular weight is 533 g/mol. The summed E-state index contributed by atoms with van der Waals surface area (Å²) < 4.78 is 0. The quantitative estimate of drug-likeness (QED) is 0.0526. The number of aliphatic carboxylic acids is 1. The van der Waals surface area contributed by atoms with Crippen molar-refractivity contribution in [1.82, 2.24) is 16.0 Å². The van der Waals surface area contributed by atoms with Crippen molar-refractivity contribution in [1.29, 1.82) is 0 Å². The van der Waals surface area contributed by atoms with Gasteiger partial charge in [-0.3, -0.25) is 24.2 Å². The van der Waals surface area contributed by atoms with Crippen LogP contribution in [0.2, 0.25) is 0 Å². The van der Waals surface area contributed by atoms with Crippen LogP contribution in [-0.4, -0.2) is 83.4 Å². The van der Waals surface area contributed by atoms with E-state index in [1.807, 2.05) is 20.1 Å². The molecule has 14 nitrogen and oxygen atoms in total. The number of carboxylic acids is 1. The zero-order chi connectivity index (χ0) is 27.8. The summed E-state index contributed by atoms with van der Waals surface area (Å²) in [6.07, 6.45) is 2.24. The highest BCUT2D eigenvalue weighted by atomic mass is 32.2. The number of guanidine groups is 1. The average Bonchev–Trinajstić information content (AvgIpc) is 2.76. The van der Waals surface area contributed by atoms with Crippen molar-refractivity contribution in [3.05, 3.63) is 0 Å². The molecule has 12 N–H and O–H groups in total. The molecule has 0 radical (unpaired) electrons. The topological polar surface area (TPSA) is 258 Å². The van der Waals surface area contributed by atoms with Crippen LogP contribution in [0.5, 0.6) is 0 Å². The van der Waals surface area contributed by atoms with E-state index in [0.717, 1.165) is 0 Å². The Bertz CT molecular complexity index is 790. The van der Waals surface area contributed by atoms with Gasteiger partial charge in [-0.2, -0.15) is 11.8 Å². The fraction of sp³-hybridized carbons (Fsp3) is 0.714. The van der Waals surface area contributed by atoms with Gasteiger partial charge in [0.15, 0.2) is 5.96 Å². The number of carbonyl (C=O) groups excluding carboxylic acids is 4. The molecule has 0 aliphatic carbocycles. The number of nitrogens with zero attached hydrogens (tertiary/aromatic N) is 1. The van der Waals surface area contributed by atoms with Crippen molar-refractivity contribution in [3.63, 3.8) is 0 Å². The first-order valence-electron chi connectivity index (χ1n) is 11.5. The fourth-order valence-electron chi connectivity index (χ4n) is 3.10. The lowest BCUT2D eigenvalue weighted by molar-refractivity contribution is -0.142. The molecule has 0 spiro atoms. The van der Waals surface area contributed by atoms with Crippen LogP contribution >= 0.6 is 11.8 Å². The summed E-state index contributed by atoms with van der Waals surface area (Å²) in [4.78, 5) is 64.9. The van der Waals surface area contributed by atoms with Gasteiger partial charge in [-0.1, -0.05) is 13.8 Å². The number of aliphatic imine (C=N–C) groups is 1. The molecule has 36 heavy (non-hydrogen) atoms. The Labute approximate surface area is 215 Å². The van der Waals surface area contributed by atoms with Crippen LogP contribution in [0, 0.1) is 5.92 Å². The molecule has 0 aromatic carbocycles. The predicted molar refractivity (Wildman–Crippen MR) is 138 cm³/mol. The summed E-state index contributed by atoms with van der Waals surface area (Å²) in [6.45, 7) is 3.84. The normalized spacial score (nSPS) is 14.1. The minimum Gasteiger partial charge on any atom is -0.480 e. The van der Waals surface area contributed by atoms with Gasteiger partial charge in [-0.25, -0.2) is 4.79 Å². The first kappa shape index (κ1) is 32.9. The molecule has 0 saturated heterocycles. The lowest BCUT2D eigenvalue weighted by Gasteiger charge is -2.25. The van der Waals surface area contributed by atoms with Crippen LogP contribution in [0.15, 0.2) is 4.99 Å². The van der Waals surface area contributed by atoms with Crippen LogP contribution in [-0.2, 0) is 24.0 Å². The van der Waals surface area contributed by atoms with Gasteiger partial charge in [-0.15, -0.1) is 0 Å². The summed E-state index contributed by atoms with van der Waals surface area (Å²) in [7, 11) is 0. The Morgan fingerprint density at radius 3 is 1.89 bits per heavy atom. The zero-order valence-electron chi connectivity index (χ0n) is 21.0. The Balaban J connectivity index is 5.59. The second-order valence-electron chi connectivity index (χ2n) is 8.66. The van der Waals surface area contributed by atoms with Crippen molar-refractivity contribution in [3.8, 4) is 0 Å². The highest BCUT2D eigenvalue weighted by Gasteiger charge is 2.30. The third-order valence-electron chi connectivity index (χ3n) is 4.90. The largest absolute Gasteiger partial charge is 0.480 e. The molecule has 0 fully saturated rings. The third kappa shape index (κ3) is 14.4. The minimum absolute atomic E-state index is 0.0139. The molecule has 4 atom stereocenters. The molecule has 0 aromatic rings. The number of hydrogen-bond donors (Lipinski definition) is 8. The zero-order valence-corrected chi connectivity index (χ0v) is 21.8. The first-order chi connectivity index (χ1) is 16.8. The number of primary amides is 1. The molecule has 0 heterocycles. The Hall–Kier alpha value is -3.07. The number of amides is 4. The highest BCUT2D eigenvalue weighted by molar-refractivity contribution is 7.98. The second kappa shape index (κ2) is 17.4. The number of rotatable bonds is 18. The van der Waals surface area contributed by atoms with Crippen molar-refractivity contribution in [2.24, 2.45) is 33.8 Å². The van der Waals surface area contributed by atoms with Gasteiger partial charge < -0.3 is 44.0 Å². The van der Waals surface area contributed by atoms with E-state index in [-0.39, 0.29) is 37.7 Å². The van der Waals surface area contributed by atoms with Crippen LogP contribution in [0.4, 0.5) is 0 Å². The van der Waals surface area contributed by atoms with Gasteiger partial charge >= 0.3 is 5.97 Å². The summed E-state index contributed by atoms with van der Waals surface area (Å²) in [5, 5.41) is 17.0. The molecule has 0 aliphatic rings. The van der Waals surface area contributed by atoms with E-state index in [9.17, 15) is 29.1 Å². The minimum atomic E-state index is -1.27. The lowest BCUT2D eigenvalue weighted by Crippen LogP contribution is -2.57. The Morgan fingerprint density at radius 1 is 0.889 bits per heavy atom. The van der Waals surface area contributed by atoms with Gasteiger partial charge in [-0.05, 0) is 43.6 Å². The van der Waals surface area contributed by atoms with Crippen molar-refractivity contribution in [2.75, 3.05) is 18.6 Å². The maximum atomic E-state index is 13.1. The van der Waals surface area contributed by atoms with Crippen LogP contribution in [0.3, 0.4) is 0 Å². The Kier molecular flexibility index (Phi) is 15.9. The summed E-state index contributed by atoms with van der Waals surface area (Å²) in [5.41, 5.74) is 21.4. The monoisotopic (exact) mass is 532 g/mol. The van der Waals surface area contributed by atoms with E-state index >= 15 is 0 Å². The SMILES string of the molecule is CSCCC(NC(=O)C(CCCN=C(N)N)NC(=O)C(N)CC(N)=O)C(=O)NC(CC(C)C)C(=O)O. The Morgan fingerprint density at radius 2 is 1.42 bits per heavy atom. The van der Waals surface area contributed by atoms with E-state index in [2.05, 4.69) is 20.9 Å². The fourth-order valence-corrected chi connectivity index (χ4v) is 3.57.